The second kappa shape index (κ2) is 10.1. The molecule has 33 heavy (non-hydrogen) atoms. The Morgan fingerprint density at radius 2 is 1.91 bits per heavy atom. The van der Waals surface area contributed by atoms with Crippen LogP contribution in [0.4, 0.5) is 10.3 Å². The van der Waals surface area contributed by atoms with Crippen molar-refractivity contribution in [2.45, 2.75) is 37.7 Å². The number of nitrogens with zero attached hydrogens (tertiary/aromatic N) is 3. The lowest BCUT2D eigenvalue weighted by molar-refractivity contribution is -0.139. The average Bonchev–Trinajstić information content (AvgIpc) is 3.21. The third kappa shape index (κ3) is 4.88. The number of fused-ring (bicyclic) bond motifs is 1. The number of allylic oxidation sites excluding steroid dienone is 1. The minimum atomic E-state index is -0.522. The molecule has 4 rings (SSSR count). The van der Waals surface area contributed by atoms with Crippen LogP contribution in [-0.2, 0) is 15.3 Å². The van der Waals surface area contributed by atoms with Gasteiger partial charge in [-0.1, -0.05) is 42.1 Å². The first-order valence-corrected chi connectivity index (χ1v) is 11.7. The summed E-state index contributed by atoms with van der Waals surface area (Å²) in [4.78, 5) is 17.5. The Bertz CT molecular complexity index is 1180. The number of esters is 1. The minimum Gasteiger partial charge on any atom is -0.494 e. The van der Waals surface area contributed by atoms with Crippen LogP contribution in [0.5, 0.6) is 5.75 Å². The van der Waals surface area contributed by atoms with Crippen molar-refractivity contribution >= 4 is 23.7 Å². The molecule has 2 aromatic carbocycles. The summed E-state index contributed by atoms with van der Waals surface area (Å²) in [6.45, 7) is 6.34. The highest BCUT2D eigenvalue weighted by molar-refractivity contribution is 7.98. The Hall–Kier alpha value is -3.33. The number of carbonyl (C=O) groups is 1. The summed E-state index contributed by atoms with van der Waals surface area (Å²) in [6, 6.07) is 13.7. The molecule has 1 aromatic heterocycles. The van der Waals surface area contributed by atoms with Crippen molar-refractivity contribution in [3.8, 4) is 5.75 Å². The zero-order chi connectivity index (χ0) is 23.4. The fourth-order valence-electron chi connectivity index (χ4n) is 3.64. The summed E-state index contributed by atoms with van der Waals surface area (Å²) in [6.07, 6.45) is 0. The molecule has 2 heterocycles. The number of nitrogens with one attached hydrogen (secondary N) is 1. The Morgan fingerprint density at radius 1 is 1.15 bits per heavy atom. The Balaban J connectivity index is 1.68. The summed E-state index contributed by atoms with van der Waals surface area (Å²) >= 11 is 1.33. The topological polar surface area (TPSA) is 78.3 Å². The van der Waals surface area contributed by atoms with Crippen molar-refractivity contribution in [3.05, 3.63) is 76.7 Å². The van der Waals surface area contributed by atoms with Crippen LogP contribution in [0.25, 0.3) is 0 Å². The molecule has 1 atom stereocenters. The zero-order valence-electron chi connectivity index (χ0n) is 18.7. The SMILES string of the molecule is CCOC(=O)C1=C(C)Nc2nc(SCc3ccccc3F)nn2C1c1ccc(OCC)cc1. The van der Waals surface area contributed by atoms with Gasteiger partial charge in [-0.05, 0) is 50.1 Å². The smallest absolute Gasteiger partial charge is 0.338 e. The van der Waals surface area contributed by atoms with E-state index in [0.29, 0.717) is 40.3 Å². The van der Waals surface area contributed by atoms with Crippen LogP contribution >= 0.6 is 11.8 Å². The number of anilines is 1. The third-order valence-electron chi connectivity index (χ3n) is 5.15. The number of rotatable bonds is 8. The Labute approximate surface area is 196 Å². The summed E-state index contributed by atoms with van der Waals surface area (Å²) in [5, 5.41) is 8.30. The lowest BCUT2D eigenvalue weighted by atomic mass is 9.96. The van der Waals surface area contributed by atoms with E-state index in [9.17, 15) is 9.18 Å². The Morgan fingerprint density at radius 3 is 2.61 bits per heavy atom. The van der Waals surface area contributed by atoms with Crippen molar-refractivity contribution in [2.24, 2.45) is 0 Å². The molecular weight excluding hydrogens is 443 g/mol. The molecule has 0 aliphatic carbocycles. The Kier molecular flexibility index (Phi) is 6.98. The van der Waals surface area contributed by atoms with E-state index in [1.807, 2.05) is 38.1 Å². The first-order valence-electron chi connectivity index (χ1n) is 10.7. The number of hydrogen-bond donors (Lipinski definition) is 1. The number of thioether (sulfide) groups is 1. The molecule has 0 amide bonds. The number of benzene rings is 2. The van der Waals surface area contributed by atoms with Crippen LogP contribution in [0.15, 0.2) is 65.0 Å². The van der Waals surface area contributed by atoms with E-state index < -0.39 is 12.0 Å². The molecule has 0 bridgehead atoms. The van der Waals surface area contributed by atoms with Gasteiger partial charge in [0.1, 0.15) is 17.6 Å². The summed E-state index contributed by atoms with van der Waals surface area (Å²) < 4.78 is 26.6. The van der Waals surface area contributed by atoms with Crippen molar-refractivity contribution in [2.75, 3.05) is 18.5 Å². The predicted molar refractivity (Wildman–Crippen MR) is 125 cm³/mol. The molecule has 0 saturated carbocycles. The van der Waals surface area contributed by atoms with Crippen molar-refractivity contribution in [3.63, 3.8) is 0 Å². The lowest BCUT2D eigenvalue weighted by Crippen LogP contribution is -2.29. The number of halogens is 1. The molecule has 3 aromatic rings. The molecule has 7 nitrogen and oxygen atoms in total. The third-order valence-corrected chi connectivity index (χ3v) is 6.04. The van der Waals surface area contributed by atoms with E-state index in [0.717, 1.165) is 11.3 Å². The zero-order valence-corrected chi connectivity index (χ0v) is 19.5. The largest absolute Gasteiger partial charge is 0.494 e. The van der Waals surface area contributed by atoms with Gasteiger partial charge in [-0.3, -0.25) is 0 Å². The maximum Gasteiger partial charge on any atom is 0.338 e. The van der Waals surface area contributed by atoms with Gasteiger partial charge >= 0.3 is 5.97 Å². The van der Waals surface area contributed by atoms with Crippen molar-refractivity contribution in [1.29, 1.82) is 0 Å². The molecule has 0 radical (unpaired) electrons. The maximum atomic E-state index is 14.0. The van der Waals surface area contributed by atoms with E-state index in [-0.39, 0.29) is 12.4 Å². The standard InChI is InChI=1S/C24H25FN4O3S/c1-4-31-18-12-10-16(11-13-18)21-20(22(30)32-5-2)15(3)26-23-27-24(28-29(21)23)33-14-17-8-6-7-9-19(17)25/h6-13,21H,4-5,14H2,1-3H3,(H,26,27,28). The number of ether oxygens (including phenoxy) is 2. The van der Waals surface area contributed by atoms with E-state index in [1.54, 1.807) is 29.8 Å². The van der Waals surface area contributed by atoms with Gasteiger partial charge in [0, 0.05) is 11.4 Å². The van der Waals surface area contributed by atoms with Gasteiger partial charge in [-0.2, -0.15) is 4.98 Å². The molecule has 0 saturated heterocycles. The van der Waals surface area contributed by atoms with Gasteiger partial charge in [-0.25, -0.2) is 13.9 Å². The van der Waals surface area contributed by atoms with Crippen LogP contribution in [0.2, 0.25) is 0 Å². The minimum absolute atomic E-state index is 0.263. The van der Waals surface area contributed by atoms with Crippen LogP contribution in [0.1, 0.15) is 37.9 Å². The van der Waals surface area contributed by atoms with Gasteiger partial charge in [-0.15, -0.1) is 5.10 Å². The summed E-state index contributed by atoms with van der Waals surface area (Å²) in [7, 11) is 0. The van der Waals surface area contributed by atoms with Gasteiger partial charge < -0.3 is 14.8 Å². The van der Waals surface area contributed by atoms with E-state index in [2.05, 4.69) is 15.4 Å². The highest BCUT2D eigenvalue weighted by Crippen LogP contribution is 2.37. The van der Waals surface area contributed by atoms with Crippen LogP contribution in [0, 0.1) is 5.82 Å². The molecule has 1 unspecified atom stereocenters. The quantitative estimate of drug-likeness (QED) is 0.370. The molecule has 0 fully saturated rings. The van der Waals surface area contributed by atoms with Crippen molar-refractivity contribution < 1.29 is 18.7 Å². The fraction of sp³-hybridized carbons (Fsp3) is 0.292. The van der Waals surface area contributed by atoms with Crippen LogP contribution in [0.3, 0.4) is 0 Å². The first kappa shape index (κ1) is 22.8. The monoisotopic (exact) mass is 468 g/mol. The lowest BCUT2D eigenvalue weighted by Gasteiger charge is -2.28. The average molecular weight is 469 g/mol. The molecule has 1 aliphatic rings. The van der Waals surface area contributed by atoms with Crippen molar-refractivity contribution in [1.82, 2.24) is 14.8 Å². The molecule has 1 N–H and O–H groups in total. The summed E-state index contributed by atoms with van der Waals surface area (Å²) in [5.74, 6) is 0.967. The first-order chi connectivity index (χ1) is 16.0. The normalized spacial score (nSPS) is 15.1. The molecular formula is C24H25FN4O3S. The number of aromatic nitrogens is 3. The van der Waals surface area contributed by atoms with Gasteiger partial charge in [0.15, 0.2) is 0 Å². The van der Waals surface area contributed by atoms with Gasteiger partial charge in [0.05, 0.1) is 18.8 Å². The van der Waals surface area contributed by atoms with E-state index in [4.69, 9.17) is 9.47 Å². The highest BCUT2D eigenvalue weighted by Gasteiger charge is 2.35. The van der Waals surface area contributed by atoms with E-state index in [1.165, 1.54) is 17.8 Å². The highest BCUT2D eigenvalue weighted by atomic mass is 32.2. The van der Waals surface area contributed by atoms with E-state index >= 15 is 0 Å². The van der Waals surface area contributed by atoms with Crippen LogP contribution < -0.4 is 10.1 Å². The predicted octanol–water partition coefficient (Wildman–Crippen LogP) is 4.96. The molecule has 9 heteroatoms. The second-order valence-electron chi connectivity index (χ2n) is 7.33. The molecule has 1 aliphatic heterocycles. The molecule has 0 spiro atoms. The maximum absolute atomic E-state index is 14.0. The van der Waals surface area contributed by atoms with Gasteiger partial charge in [0.25, 0.3) is 0 Å². The number of carbonyl (C=O) groups excluding carboxylic acids is 1. The fourth-order valence-corrected chi connectivity index (χ4v) is 4.46. The number of hydrogen-bond acceptors (Lipinski definition) is 7. The summed E-state index contributed by atoms with van der Waals surface area (Å²) in [5.41, 5.74) is 2.54. The molecule has 172 valence electrons. The van der Waals surface area contributed by atoms with Gasteiger partial charge in [0.2, 0.25) is 11.1 Å². The second-order valence-corrected chi connectivity index (χ2v) is 8.27. The van der Waals surface area contributed by atoms with Crippen LogP contribution in [-0.4, -0.2) is 33.9 Å².